The molecule has 0 N–H and O–H groups in total. The fraction of sp³-hybridized carbons (Fsp3) is 0.222. The van der Waals surface area contributed by atoms with Crippen LogP contribution in [0.2, 0.25) is 0 Å². The van der Waals surface area contributed by atoms with Gasteiger partial charge < -0.3 is 4.74 Å². The van der Waals surface area contributed by atoms with Crippen LogP contribution in [0.3, 0.4) is 0 Å². The molecule has 0 spiro atoms. The maximum atomic E-state index is 10.9. The Labute approximate surface area is 65.9 Å². The normalized spacial score (nSPS) is 16.4. The highest BCUT2D eigenvalue weighted by Crippen LogP contribution is 2.11. The average molecular weight is 149 g/mol. The van der Waals surface area contributed by atoms with Gasteiger partial charge in [-0.25, -0.2) is 4.79 Å². The van der Waals surface area contributed by atoms with E-state index >= 15 is 0 Å². The largest absolute Gasteiger partial charge is 0.465 e. The Morgan fingerprint density at radius 1 is 1.55 bits per heavy atom. The zero-order valence-corrected chi connectivity index (χ0v) is 6.55. The summed E-state index contributed by atoms with van der Waals surface area (Å²) in [4.78, 5) is 10.9. The molecule has 11 heavy (non-hydrogen) atoms. The van der Waals surface area contributed by atoms with Crippen LogP contribution < -0.4 is 0 Å². The van der Waals surface area contributed by atoms with E-state index in [1.165, 1.54) is 7.11 Å². The summed E-state index contributed by atoms with van der Waals surface area (Å²) in [6.07, 6.45) is 5.30. The Morgan fingerprint density at radius 3 is 2.73 bits per heavy atom. The molecular weight excluding hydrogens is 140 g/mol. The second-order valence-corrected chi connectivity index (χ2v) is 2.27. The monoisotopic (exact) mass is 149 g/mol. The highest BCUT2D eigenvalue weighted by Gasteiger charge is 2.07. The fourth-order valence-electron chi connectivity index (χ4n) is 0.740. The molecule has 57 valence electrons. The minimum Gasteiger partial charge on any atom is -0.465 e. The Balaban J connectivity index is 2.84. The molecule has 0 bridgehead atoms. The van der Waals surface area contributed by atoms with Gasteiger partial charge in [0, 0.05) is 5.92 Å². The average Bonchev–Trinajstić information content (AvgIpc) is 2.05. The van der Waals surface area contributed by atoms with Crippen LogP contribution >= 0.6 is 0 Å². The van der Waals surface area contributed by atoms with Crippen molar-refractivity contribution in [3.63, 3.8) is 0 Å². The molecule has 1 aliphatic carbocycles. The first kappa shape index (κ1) is 7.83. The molecule has 0 unspecified atom stereocenters. The molecule has 0 atom stereocenters. The van der Waals surface area contributed by atoms with Crippen LogP contribution in [0, 0.1) is 5.92 Å². The minimum atomic E-state index is -0.343. The molecule has 0 saturated carbocycles. The predicted octanol–water partition coefficient (Wildman–Crippen LogP) is 1.41. The van der Waals surface area contributed by atoms with E-state index in [2.05, 4.69) is 10.5 Å². The smallest absolute Gasteiger partial charge is 0.345 e. The third-order valence-corrected chi connectivity index (χ3v) is 1.37. The molecule has 2 nitrogen and oxygen atoms in total. The highest BCUT2D eigenvalue weighted by atomic mass is 16.5. The number of allylic oxidation sites excluding steroid dienone is 1. The standard InChI is InChI=1S/C9H9O2/c1-7-3-5-8(6-4-7)9(10)11-2/h3-5H,1-2H3. The van der Waals surface area contributed by atoms with Crippen molar-refractivity contribution in [1.29, 1.82) is 0 Å². The molecule has 0 aromatic heterocycles. The molecule has 0 amide bonds. The summed E-state index contributed by atoms with van der Waals surface area (Å²) in [7, 11) is 1.36. The fourth-order valence-corrected chi connectivity index (χ4v) is 0.740. The lowest BCUT2D eigenvalue weighted by atomic mass is 10.1. The van der Waals surface area contributed by atoms with Gasteiger partial charge in [0.25, 0.3) is 0 Å². The zero-order valence-electron chi connectivity index (χ0n) is 6.55. The van der Waals surface area contributed by atoms with Crippen molar-refractivity contribution in [1.82, 2.24) is 0 Å². The number of esters is 1. The van der Waals surface area contributed by atoms with Gasteiger partial charge in [-0.15, -0.1) is 5.73 Å². The van der Waals surface area contributed by atoms with E-state index in [9.17, 15) is 4.79 Å². The van der Waals surface area contributed by atoms with E-state index in [4.69, 9.17) is 0 Å². The Morgan fingerprint density at radius 2 is 2.27 bits per heavy atom. The van der Waals surface area contributed by atoms with Crippen molar-refractivity contribution in [3.8, 4) is 0 Å². The number of hydrogen-bond donors (Lipinski definition) is 0. The van der Waals surface area contributed by atoms with E-state index in [1.54, 1.807) is 12.2 Å². The minimum absolute atomic E-state index is 0.343. The van der Waals surface area contributed by atoms with Gasteiger partial charge in [-0.3, -0.25) is 0 Å². The number of hydrogen-bond acceptors (Lipinski definition) is 2. The first-order valence-corrected chi connectivity index (χ1v) is 3.30. The molecule has 0 heterocycles. The third-order valence-electron chi connectivity index (χ3n) is 1.37. The van der Waals surface area contributed by atoms with Gasteiger partial charge in [-0.05, 0) is 12.2 Å². The van der Waals surface area contributed by atoms with Crippen LogP contribution in [-0.2, 0) is 9.53 Å². The van der Waals surface area contributed by atoms with E-state index in [0.717, 1.165) is 5.92 Å². The molecule has 1 rings (SSSR count). The van der Waals surface area contributed by atoms with Gasteiger partial charge in [0.05, 0.1) is 7.11 Å². The lowest BCUT2D eigenvalue weighted by Gasteiger charge is -2.02. The first-order chi connectivity index (χ1) is 5.24. The highest BCUT2D eigenvalue weighted by molar-refractivity contribution is 5.91. The molecule has 1 aliphatic rings. The topological polar surface area (TPSA) is 26.3 Å². The van der Waals surface area contributed by atoms with E-state index in [0.29, 0.717) is 5.57 Å². The van der Waals surface area contributed by atoms with Gasteiger partial charge in [0.15, 0.2) is 0 Å². The Bertz CT molecular complexity index is 255. The van der Waals surface area contributed by atoms with Gasteiger partial charge in [0.1, 0.15) is 5.57 Å². The van der Waals surface area contributed by atoms with Gasteiger partial charge in [0.2, 0.25) is 0 Å². The predicted molar refractivity (Wildman–Crippen MR) is 41.7 cm³/mol. The van der Waals surface area contributed by atoms with Crippen molar-refractivity contribution in [3.05, 3.63) is 35.5 Å². The number of rotatable bonds is 1. The molecule has 0 fully saturated rings. The van der Waals surface area contributed by atoms with Crippen LogP contribution in [0.25, 0.3) is 0 Å². The van der Waals surface area contributed by atoms with Crippen LogP contribution in [0.5, 0.6) is 0 Å². The maximum absolute atomic E-state index is 10.9. The SMILES string of the molecule is COC(=O)C1=C=C[C](C)C=C1. The summed E-state index contributed by atoms with van der Waals surface area (Å²) in [5.74, 6) is 0.739. The summed E-state index contributed by atoms with van der Waals surface area (Å²) < 4.78 is 4.51. The molecular formula is C9H9O2. The molecule has 2 heteroatoms. The van der Waals surface area contributed by atoms with Crippen LogP contribution in [-0.4, -0.2) is 13.1 Å². The van der Waals surface area contributed by atoms with Crippen LogP contribution in [0.4, 0.5) is 0 Å². The van der Waals surface area contributed by atoms with Crippen molar-refractivity contribution in [2.75, 3.05) is 7.11 Å². The van der Waals surface area contributed by atoms with E-state index < -0.39 is 0 Å². The molecule has 0 aromatic carbocycles. The molecule has 0 aliphatic heterocycles. The Kier molecular flexibility index (Phi) is 2.29. The van der Waals surface area contributed by atoms with Gasteiger partial charge in [-0.2, -0.15) is 0 Å². The first-order valence-electron chi connectivity index (χ1n) is 3.30. The summed E-state index contributed by atoms with van der Waals surface area (Å²) >= 11 is 0. The third kappa shape index (κ3) is 1.82. The van der Waals surface area contributed by atoms with Crippen molar-refractivity contribution in [2.45, 2.75) is 6.92 Å². The summed E-state index contributed by atoms with van der Waals surface area (Å²) in [5, 5.41) is 0. The summed E-state index contributed by atoms with van der Waals surface area (Å²) in [6, 6.07) is 0. The molecule has 1 radical (unpaired) electrons. The summed E-state index contributed by atoms with van der Waals surface area (Å²) in [6.45, 7) is 1.94. The summed E-state index contributed by atoms with van der Waals surface area (Å²) in [5.41, 5.74) is 3.28. The molecule has 0 saturated heterocycles. The number of ether oxygens (including phenoxy) is 1. The van der Waals surface area contributed by atoms with Gasteiger partial charge >= 0.3 is 5.97 Å². The maximum Gasteiger partial charge on any atom is 0.345 e. The lowest BCUT2D eigenvalue weighted by molar-refractivity contribution is -0.135. The number of methoxy groups -OCH3 is 1. The lowest BCUT2D eigenvalue weighted by Crippen LogP contribution is -2.03. The van der Waals surface area contributed by atoms with Crippen LogP contribution in [0.1, 0.15) is 6.92 Å². The second kappa shape index (κ2) is 3.22. The van der Waals surface area contributed by atoms with Crippen molar-refractivity contribution in [2.24, 2.45) is 0 Å². The van der Waals surface area contributed by atoms with E-state index in [1.807, 2.05) is 13.0 Å². The van der Waals surface area contributed by atoms with Crippen molar-refractivity contribution >= 4 is 5.97 Å². The van der Waals surface area contributed by atoms with Crippen LogP contribution in [0.15, 0.2) is 29.5 Å². The van der Waals surface area contributed by atoms with E-state index in [-0.39, 0.29) is 5.97 Å². The molecule has 0 aromatic rings. The second-order valence-electron chi connectivity index (χ2n) is 2.27. The Hall–Kier alpha value is -1.27. The zero-order chi connectivity index (χ0) is 8.27. The quantitative estimate of drug-likeness (QED) is 0.416. The van der Waals surface area contributed by atoms with Crippen molar-refractivity contribution < 1.29 is 9.53 Å². The number of carbonyl (C=O) groups excluding carboxylic acids is 1. The van der Waals surface area contributed by atoms with Gasteiger partial charge in [-0.1, -0.05) is 13.0 Å². The number of carbonyl (C=O) groups is 1.